The summed E-state index contributed by atoms with van der Waals surface area (Å²) in [7, 11) is 1.37. The molecule has 0 aromatic heterocycles. The lowest BCUT2D eigenvalue weighted by Gasteiger charge is -1.94. The van der Waals surface area contributed by atoms with Crippen molar-refractivity contribution in [3.8, 4) is 0 Å². The normalized spacial score (nSPS) is 8.67. The number of carbonyl (C=O) groups is 2. The van der Waals surface area contributed by atoms with Crippen molar-refractivity contribution in [1.29, 1.82) is 0 Å². The monoisotopic (exact) mass is 212 g/mol. The summed E-state index contributed by atoms with van der Waals surface area (Å²) >= 11 is 0. The van der Waals surface area contributed by atoms with Crippen LogP contribution in [0.4, 0.5) is 0 Å². The zero-order valence-electron chi connectivity index (χ0n) is 9.12. The summed E-state index contributed by atoms with van der Waals surface area (Å²) in [5.41, 5.74) is 2.85. The first-order valence-corrected chi connectivity index (χ1v) is 4.76. The van der Waals surface area contributed by atoms with Crippen molar-refractivity contribution in [1.82, 2.24) is 0 Å². The third-order valence-electron chi connectivity index (χ3n) is 1.56. The molecular formula is C11H16O4. The molecule has 15 heavy (non-hydrogen) atoms. The molecule has 0 N–H and O–H groups in total. The van der Waals surface area contributed by atoms with Crippen molar-refractivity contribution in [2.24, 2.45) is 0 Å². The van der Waals surface area contributed by atoms with E-state index in [-0.39, 0.29) is 18.5 Å². The molecule has 0 aliphatic heterocycles. The van der Waals surface area contributed by atoms with E-state index in [1.165, 1.54) is 14.0 Å². The van der Waals surface area contributed by atoms with Crippen LogP contribution in [0, 0.1) is 0 Å². The molecular weight excluding hydrogens is 196 g/mol. The molecule has 0 heterocycles. The number of hydrogen-bond acceptors (Lipinski definition) is 4. The van der Waals surface area contributed by atoms with E-state index in [1.807, 2.05) is 0 Å². The first kappa shape index (κ1) is 13.5. The Bertz CT molecular complexity index is 262. The fourth-order valence-corrected chi connectivity index (χ4v) is 0.824. The second-order valence-corrected chi connectivity index (χ2v) is 2.85. The molecule has 0 amide bonds. The van der Waals surface area contributed by atoms with Crippen LogP contribution < -0.4 is 0 Å². The summed E-state index contributed by atoms with van der Waals surface area (Å²) < 4.78 is 9.14. The minimum atomic E-state index is -0.307. The molecule has 0 rings (SSSR count). The SMILES string of the molecule is COC(=O)CCCC=C=CCOC(C)=O. The number of methoxy groups -OCH3 is 1. The predicted octanol–water partition coefficient (Wildman–Crippen LogP) is 1.60. The van der Waals surface area contributed by atoms with E-state index < -0.39 is 0 Å². The average Bonchev–Trinajstić information content (AvgIpc) is 2.21. The van der Waals surface area contributed by atoms with E-state index in [0.29, 0.717) is 6.42 Å². The topological polar surface area (TPSA) is 52.6 Å². The molecule has 0 saturated heterocycles. The highest BCUT2D eigenvalue weighted by molar-refractivity contribution is 5.69. The molecule has 0 fully saturated rings. The van der Waals surface area contributed by atoms with Gasteiger partial charge in [-0.05, 0) is 25.0 Å². The number of unbranched alkanes of at least 4 members (excludes halogenated alkanes) is 1. The highest BCUT2D eigenvalue weighted by Gasteiger charge is 1.96. The van der Waals surface area contributed by atoms with Gasteiger partial charge in [-0.25, -0.2) is 0 Å². The van der Waals surface area contributed by atoms with Crippen molar-refractivity contribution >= 4 is 11.9 Å². The molecule has 0 aromatic rings. The molecule has 0 aliphatic carbocycles. The Morgan fingerprint density at radius 1 is 1.33 bits per heavy atom. The molecule has 0 radical (unpaired) electrons. The number of rotatable bonds is 6. The second-order valence-electron chi connectivity index (χ2n) is 2.85. The largest absolute Gasteiger partial charge is 0.469 e. The van der Waals surface area contributed by atoms with Crippen LogP contribution in [0.15, 0.2) is 17.9 Å². The highest BCUT2D eigenvalue weighted by atomic mass is 16.5. The van der Waals surface area contributed by atoms with Gasteiger partial charge in [0.2, 0.25) is 0 Å². The summed E-state index contributed by atoms with van der Waals surface area (Å²) in [6, 6.07) is 0. The number of carbonyl (C=O) groups excluding carboxylic acids is 2. The van der Waals surface area contributed by atoms with Gasteiger partial charge in [0.05, 0.1) is 7.11 Å². The molecule has 0 unspecified atom stereocenters. The molecule has 84 valence electrons. The molecule has 0 atom stereocenters. The average molecular weight is 212 g/mol. The van der Waals surface area contributed by atoms with E-state index in [1.54, 1.807) is 12.2 Å². The van der Waals surface area contributed by atoms with Crippen LogP contribution in [-0.2, 0) is 19.1 Å². The quantitative estimate of drug-likeness (QED) is 0.381. The first-order valence-electron chi connectivity index (χ1n) is 4.76. The van der Waals surface area contributed by atoms with E-state index in [0.717, 1.165) is 12.8 Å². The number of ether oxygens (including phenoxy) is 2. The fourth-order valence-electron chi connectivity index (χ4n) is 0.824. The maximum atomic E-state index is 10.7. The molecule has 4 nitrogen and oxygen atoms in total. The van der Waals surface area contributed by atoms with E-state index >= 15 is 0 Å². The van der Waals surface area contributed by atoms with Crippen LogP contribution >= 0.6 is 0 Å². The van der Waals surface area contributed by atoms with Crippen LogP contribution in [0.5, 0.6) is 0 Å². The minimum Gasteiger partial charge on any atom is -0.469 e. The molecule has 0 spiro atoms. The van der Waals surface area contributed by atoms with Crippen molar-refractivity contribution in [3.05, 3.63) is 17.9 Å². The smallest absolute Gasteiger partial charge is 0.305 e. The Morgan fingerprint density at radius 2 is 2.07 bits per heavy atom. The van der Waals surface area contributed by atoms with Gasteiger partial charge < -0.3 is 9.47 Å². The third kappa shape index (κ3) is 10.4. The Morgan fingerprint density at radius 3 is 2.67 bits per heavy atom. The van der Waals surface area contributed by atoms with Gasteiger partial charge in [-0.2, -0.15) is 0 Å². The zero-order valence-corrected chi connectivity index (χ0v) is 9.12. The van der Waals surface area contributed by atoms with Crippen LogP contribution in [-0.4, -0.2) is 25.7 Å². The lowest BCUT2D eigenvalue weighted by Crippen LogP contribution is -1.98. The van der Waals surface area contributed by atoms with E-state index in [4.69, 9.17) is 0 Å². The van der Waals surface area contributed by atoms with Crippen molar-refractivity contribution < 1.29 is 19.1 Å². The molecule has 0 bridgehead atoms. The number of esters is 2. The Balaban J connectivity index is 3.45. The first-order chi connectivity index (χ1) is 7.16. The van der Waals surface area contributed by atoms with Crippen molar-refractivity contribution in [2.75, 3.05) is 13.7 Å². The molecule has 0 aliphatic rings. The van der Waals surface area contributed by atoms with Gasteiger partial charge in [0.15, 0.2) is 0 Å². The standard InChI is InChI=1S/C11H16O4/c1-10(12)15-9-7-5-3-4-6-8-11(13)14-2/h3,7H,4,6,8-9H2,1-2H3. The summed E-state index contributed by atoms with van der Waals surface area (Å²) in [6.45, 7) is 1.59. The van der Waals surface area contributed by atoms with Gasteiger partial charge in [0.1, 0.15) is 6.61 Å². The molecule has 4 heteroatoms. The van der Waals surface area contributed by atoms with E-state index in [9.17, 15) is 9.59 Å². The van der Waals surface area contributed by atoms with Gasteiger partial charge in [-0.3, -0.25) is 9.59 Å². The second kappa shape index (κ2) is 9.03. The molecule has 0 aromatic carbocycles. The van der Waals surface area contributed by atoms with Crippen LogP contribution in [0.25, 0.3) is 0 Å². The maximum absolute atomic E-state index is 10.7. The lowest BCUT2D eigenvalue weighted by molar-refractivity contribution is -0.141. The van der Waals surface area contributed by atoms with Gasteiger partial charge in [-0.1, -0.05) is 0 Å². The highest BCUT2D eigenvalue weighted by Crippen LogP contribution is 1.97. The predicted molar refractivity (Wildman–Crippen MR) is 55.2 cm³/mol. The van der Waals surface area contributed by atoms with E-state index in [2.05, 4.69) is 15.2 Å². The Labute approximate surface area is 89.6 Å². The van der Waals surface area contributed by atoms with Gasteiger partial charge in [0, 0.05) is 13.3 Å². The Hall–Kier alpha value is -1.54. The van der Waals surface area contributed by atoms with Crippen molar-refractivity contribution in [2.45, 2.75) is 26.2 Å². The van der Waals surface area contributed by atoms with Crippen LogP contribution in [0.1, 0.15) is 26.2 Å². The number of hydrogen-bond donors (Lipinski definition) is 0. The summed E-state index contributed by atoms with van der Waals surface area (Å²) in [4.78, 5) is 21.1. The van der Waals surface area contributed by atoms with Crippen LogP contribution in [0.3, 0.4) is 0 Å². The zero-order chi connectivity index (χ0) is 11.5. The minimum absolute atomic E-state index is 0.202. The lowest BCUT2D eigenvalue weighted by atomic mass is 10.2. The van der Waals surface area contributed by atoms with Crippen molar-refractivity contribution in [3.63, 3.8) is 0 Å². The van der Waals surface area contributed by atoms with Crippen LogP contribution in [0.2, 0.25) is 0 Å². The summed E-state index contributed by atoms with van der Waals surface area (Å²) in [6.07, 6.45) is 5.33. The fraction of sp³-hybridized carbons (Fsp3) is 0.545. The Kier molecular flexibility index (Phi) is 8.10. The van der Waals surface area contributed by atoms with Gasteiger partial charge in [0.25, 0.3) is 0 Å². The summed E-state index contributed by atoms with van der Waals surface area (Å²) in [5.74, 6) is -0.508. The maximum Gasteiger partial charge on any atom is 0.305 e. The molecule has 0 saturated carbocycles. The summed E-state index contributed by atoms with van der Waals surface area (Å²) in [5, 5.41) is 0. The third-order valence-corrected chi connectivity index (χ3v) is 1.56. The van der Waals surface area contributed by atoms with Gasteiger partial charge in [-0.15, -0.1) is 5.73 Å². The van der Waals surface area contributed by atoms with Gasteiger partial charge >= 0.3 is 11.9 Å².